The molecular weight excluding hydrogens is 394 g/mol. The second-order valence-corrected chi connectivity index (χ2v) is 8.94. The Kier molecular flexibility index (Phi) is 6.12. The highest BCUT2D eigenvalue weighted by Gasteiger charge is 2.25. The summed E-state index contributed by atoms with van der Waals surface area (Å²) in [6.45, 7) is 4.79. The fourth-order valence-electron chi connectivity index (χ4n) is 4.31. The van der Waals surface area contributed by atoms with Gasteiger partial charge in [0.2, 0.25) is 5.91 Å². The Balaban J connectivity index is 1.62. The summed E-state index contributed by atoms with van der Waals surface area (Å²) in [5.74, 6) is -1.16. The van der Waals surface area contributed by atoms with Crippen molar-refractivity contribution in [2.75, 3.05) is 5.32 Å². The molecule has 5 heteroatoms. The van der Waals surface area contributed by atoms with Crippen LogP contribution in [0.2, 0.25) is 0 Å². The Bertz CT molecular complexity index is 988. The zero-order valence-corrected chi connectivity index (χ0v) is 18.4. The molecule has 0 bridgehead atoms. The summed E-state index contributed by atoms with van der Waals surface area (Å²) in [5, 5.41) is 6.40. The number of amides is 1. The molecule has 0 atom stereocenters. The lowest BCUT2D eigenvalue weighted by atomic mass is 9.92. The van der Waals surface area contributed by atoms with Crippen LogP contribution in [0.3, 0.4) is 0 Å². The number of rotatable bonds is 6. The molecule has 2 aromatic carbocycles. The minimum absolute atomic E-state index is 0.140. The molecule has 2 aliphatic rings. The highest BCUT2D eigenvalue weighted by Crippen LogP contribution is 2.35. The third-order valence-electron chi connectivity index (χ3n) is 6.42. The molecule has 1 amide bonds. The highest BCUT2D eigenvalue weighted by atomic mass is 19.1. The molecule has 0 aromatic heterocycles. The molecule has 2 fully saturated rings. The van der Waals surface area contributed by atoms with Gasteiger partial charge in [0, 0.05) is 34.5 Å². The van der Waals surface area contributed by atoms with Gasteiger partial charge in [0.25, 0.3) is 0 Å². The molecule has 2 aliphatic carbocycles. The van der Waals surface area contributed by atoms with Gasteiger partial charge in [0.05, 0.1) is 0 Å². The topological polar surface area (TPSA) is 41.1 Å². The van der Waals surface area contributed by atoms with Gasteiger partial charge in [-0.15, -0.1) is 0 Å². The van der Waals surface area contributed by atoms with Crippen molar-refractivity contribution in [3.63, 3.8) is 0 Å². The first kappa shape index (κ1) is 21.5. The van der Waals surface area contributed by atoms with Gasteiger partial charge in [0.15, 0.2) is 0 Å². The lowest BCUT2D eigenvalue weighted by Crippen LogP contribution is -2.26. The van der Waals surface area contributed by atoms with Crippen molar-refractivity contribution in [2.45, 2.75) is 71.4 Å². The van der Waals surface area contributed by atoms with E-state index in [1.165, 1.54) is 31.8 Å². The first-order valence-electron chi connectivity index (χ1n) is 11.2. The van der Waals surface area contributed by atoms with Gasteiger partial charge in [-0.25, -0.2) is 8.78 Å². The minimum Gasteiger partial charge on any atom is -0.382 e. The number of halogens is 2. The van der Waals surface area contributed by atoms with Crippen molar-refractivity contribution in [3.05, 3.63) is 58.2 Å². The van der Waals surface area contributed by atoms with Crippen LogP contribution < -0.4 is 10.6 Å². The summed E-state index contributed by atoms with van der Waals surface area (Å²) in [6.07, 6.45) is 8.26. The van der Waals surface area contributed by atoms with Crippen LogP contribution in [-0.4, -0.2) is 18.0 Å². The van der Waals surface area contributed by atoms with Gasteiger partial charge in [-0.3, -0.25) is 4.79 Å². The Hall–Kier alpha value is -2.69. The van der Waals surface area contributed by atoms with E-state index in [0.29, 0.717) is 17.2 Å². The predicted molar refractivity (Wildman–Crippen MR) is 122 cm³/mol. The normalized spacial score (nSPS) is 17.1. The van der Waals surface area contributed by atoms with Crippen LogP contribution in [0.5, 0.6) is 0 Å². The van der Waals surface area contributed by atoms with E-state index in [1.807, 2.05) is 24.3 Å². The van der Waals surface area contributed by atoms with E-state index in [2.05, 4.69) is 10.6 Å². The Morgan fingerprint density at radius 3 is 2.19 bits per heavy atom. The maximum absolute atomic E-state index is 15.4. The maximum Gasteiger partial charge on any atom is 0.247 e. The number of carbonyl (C=O) groups excluding carboxylic acids is 1. The number of hydrogen-bond donors (Lipinski definition) is 2. The van der Waals surface area contributed by atoms with Crippen LogP contribution in [0, 0.1) is 25.5 Å². The van der Waals surface area contributed by atoms with Gasteiger partial charge in [0.1, 0.15) is 11.6 Å². The number of hydrogen-bond acceptors (Lipinski definition) is 2. The first-order valence-corrected chi connectivity index (χ1v) is 11.2. The fourth-order valence-corrected chi connectivity index (χ4v) is 4.31. The van der Waals surface area contributed by atoms with Crippen LogP contribution in [0.25, 0.3) is 17.2 Å². The Labute approximate surface area is 182 Å². The largest absolute Gasteiger partial charge is 0.382 e. The van der Waals surface area contributed by atoms with Crippen LogP contribution in [-0.2, 0) is 4.79 Å². The molecule has 4 rings (SSSR count). The van der Waals surface area contributed by atoms with Crippen LogP contribution in [0.15, 0.2) is 29.8 Å². The zero-order chi connectivity index (χ0) is 22.1. The first-order chi connectivity index (χ1) is 14.8. The predicted octanol–water partition coefficient (Wildman–Crippen LogP) is 6.29. The molecule has 0 radical (unpaired) electrons. The second kappa shape index (κ2) is 8.81. The summed E-state index contributed by atoms with van der Waals surface area (Å²) in [4.78, 5) is 12.2. The van der Waals surface area contributed by atoms with Gasteiger partial charge < -0.3 is 10.6 Å². The van der Waals surface area contributed by atoms with Gasteiger partial charge in [-0.1, -0.05) is 25.0 Å². The zero-order valence-electron chi connectivity index (χ0n) is 18.4. The third-order valence-corrected chi connectivity index (χ3v) is 6.42. The number of benzene rings is 2. The molecule has 0 aliphatic heterocycles. The summed E-state index contributed by atoms with van der Waals surface area (Å²) in [7, 11) is 0. The Morgan fingerprint density at radius 2 is 1.58 bits per heavy atom. The number of nitrogens with one attached hydrogen (secondary N) is 2. The quantitative estimate of drug-likeness (QED) is 0.536. The second-order valence-electron chi connectivity index (χ2n) is 8.94. The van der Waals surface area contributed by atoms with Gasteiger partial charge >= 0.3 is 0 Å². The molecule has 2 N–H and O–H groups in total. The highest BCUT2D eigenvalue weighted by molar-refractivity contribution is 5.98. The summed E-state index contributed by atoms with van der Waals surface area (Å²) in [5.41, 5.74) is 2.91. The third kappa shape index (κ3) is 4.65. The van der Waals surface area contributed by atoms with Gasteiger partial charge in [-0.2, -0.15) is 0 Å². The average Bonchev–Trinajstić information content (AvgIpc) is 3.43. The van der Waals surface area contributed by atoms with Crippen molar-refractivity contribution >= 4 is 17.7 Å². The minimum atomic E-state index is -0.486. The molecule has 31 heavy (non-hydrogen) atoms. The van der Waals surface area contributed by atoms with E-state index in [1.54, 1.807) is 20.8 Å². The average molecular weight is 425 g/mol. The monoisotopic (exact) mass is 424 g/mol. The Morgan fingerprint density at radius 1 is 0.935 bits per heavy atom. The van der Waals surface area contributed by atoms with Crippen LogP contribution in [0.4, 0.5) is 14.5 Å². The molecule has 0 heterocycles. The summed E-state index contributed by atoms with van der Waals surface area (Å²) >= 11 is 0. The standard InChI is InChI=1S/C26H30F2N2O/c1-15(26(31)30-21-12-13-21)14-22-16(2)25(28)23(17(3)24(22)27)18-8-10-20(11-9-18)29-19-6-4-5-7-19/h8-11,14,19,21,29H,4-7,12-13H2,1-3H3,(H,30,31). The van der Waals surface area contributed by atoms with Crippen LogP contribution >= 0.6 is 0 Å². The lowest BCUT2D eigenvalue weighted by Gasteiger charge is -2.17. The molecule has 0 spiro atoms. The SMILES string of the molecule is CC(=Cc1c(C)c(F)c(-c2ccc(NC3CCCC3)cc2)c(C)c1F)C(=O)NC1CC1. The van der Waals surface area contributed by atoms with Crippen molar-refractivity contribution in [3.8, 4) is 11.1 Å². The lowest BCUT2D eigenvalue weighted by molar-refractivity contribution is -0.117. The van der Waals surface area contributed by atoms with E-state index in [0.717, 1.165) is 18.5 Å². The molecule has 2 saturated carbocycles. The van der Waals surface area contributed by atoms with E-state index in [9.17, 15) is 4.79 Å². The van der Waals surface area contributed by atoms with Crippen molar-refractivity contribution < 1.29 is 13.6 Å². The molecular formula is C26H30F2N2O. The van der Waals surface area contributed by atoms with Crippen molar-refractivity contribution in [1.82, 2.24) is 5.32 Å². The molecule has 0 unspecified atom stereocenters. The van der Waals surface area contributed by atoms with E-state index < -0.39 is 11.6 Å². The number of anilines is 1. The molecule has 3 nitrogen and oxygen atoms in total. The smallest absolute Gasteiger partial charge is 0.247 e. The van der Waals surface area contributed by atoms with E-state index in [4.69, 9.17) is 0 Å². The summed E-state index contributed by atoms with van der Waals surface area (Å²) in [6, 6.07) is 8.25. The van der Waals surface area contributed by atoms with Crippen LogP contribution in [0.1, 0.15) is 62.1 Å². The molecule has 164 valence electrons. The summed E-state index contributed by atoms with van der Waals surface area (Å²) < 4.78 is 30.7. The van der Waals surface area contributed by atoms with E-state index >= 15 is 8.78 Å². The fraction of sp³-hybridized carbons (Fsp3) is 0.423. The number of carbonyl (C=O) groups is 1. The van der Waals surface area contributed by atoms with E-state index in [-0.39, 0.29) is 34.2 Å². The maximum atomic E-state index is 15.4. The molecule has 0 saturated heterocycles. The van der Waals surface area contributed by atoms with Crippen molar-refractivity contribution in [2.24, 2.45) is 0 Å². The molecule has 2 aromatic rings. The van der Waals surface area contributed by atoms with Crippen molar-refractivity contribution in [1.29, 1.82) is 0 Å². The van der Waals surface area contributed by atoms with Gasteiger partial charge in [-0.05, 0) is 81.4 Å².